The number of fused-ring (bicyclic) bond motifs is 1. The molecule has 0 unspecified atom stereocenters. The first-order chi connectivity index (χ1) is 5.02. The third kappa shape index (κ3) is 0.956. The molecule has 1 aliphatic heterocycles. The Labute approximate surface area is 63.2 Å². The third-order valence-corrected chi connectivity index (χ3v) is 2.83. The Morgan fingerprint density at radius 1 is 1.36 bits per heavy atom. The van der Waals surface area contributed by atoms with Crippen LogP contribution < -0.4 is 0 Å². The summed E-state index contributed by atoms with van der Waals surface area (Å²) in [5, 5.41) is 0. The van der Waals surface area contributed by atoms with Crippen molar-refractivity contribution in [2.75, 3.05) is 13.6 Å². The zero-order chi connectivity index (χ0) is 8.22. The quantitative estimate of drug-likeness (QED) is 0.525. The van der Waals surface area contributed by atoms with Gasteiger partial charge in [-0.1, -0.05) is 0 Å². The van der Waals surface area contributed by atoms with E-state index < -0.39 is 12.1 Å². The lowest BCUT2D eigenvalue weighted by molar-refractivity contribution is -0.156. The fraction of sp³-hybridized carbons (Fsp3) is 1.00. The second kappa shape index (κ2) is 1.91. The zero-order valence-corrected chi connectivity index (χ0v) is 6.23. The van der Waals surface area contributed by atoms with Gasteiger partial charge >= 0.3 is 6.18 Å². The monoisotopic (exact) mass is 165 g/mol. The lowest BCUT2D eigenvalue weighted by atomic mass is 10.2. The molecular weight excluding hydrogens is 155 g/mol. The van der Waals surface area contributed by atoms with Crippen molar-refractivity contribution in [1.82, 2.24) is 4.90 Å². The van der Waals surface area contributed by atoms with Crippen molar-refractivity contribution < 1.29 is 13.2 Å². The Bertz CT molecular complexity index is 177. The summed E-state index contributed by atoms with van der Waals surface area (Å²) < 4.78 is 36.3. The summed E-state index contributed by atoms with van der Waals surface area (Å²) >= 11 is 0. The second-order valence-corrected chi connectivity index (χ2v) is 3.49. The first-order valence-electron chi connectivity index (χ1n) is 3.79. The highest BCUT2D eigenvalue weighted by Crippen LogP contribution is 2.57. The molecule has 4 heteroatoms. The van der Waals surface area contributed by atoms with E-state index in [4.69, 9.17) is 0 Å². The molecule has 1 heterocycles. The smallest absolute Gasteiger partial charge is 0.302 e. The molecule has 0 aromatic heterocycles. The molecule has 0 spiro atoms. The summed E-state index contributed by atoms with van der Waals surface area (Å²) in [7, 11) is 1.77. The highest BCUT2D eigenvalue weighted by molar-refractivity contribution is 5.10. The summed E-state index contributed by atoms with van der Waals surface area (Å²) in [6, 6.07) is -0.185. The Morgan fingerprint density at radius 3 is 2.27 bits per heavy atom. The topological polar surface area (TPSA) is 3.24 Å². The van der Waals surface area contributed by atoms with E-state index in [1.54, 1.807) is 7.05 Å². The van der Waals surface area contributed by atoms with Crippen LogP contribution in [0.4, 0.5) is 13.2 Å². The van der Waals surface area contributed by atoms with E-state index in [2.05, 4.69) is 0 Å². The molecule has 2 fully saturated rings. The van der Waals surface area contributed by atoms with Crippen LogP contribution in [0, 0.1) is 11.8 Å². The first-order valence-corrected chi connectivity index (χ1v) is 3.79. The maximum Gasteiger partial charge on any atom is 0.393 e. The molecule has 0 radical (unpaired) electrons. The Balaban J connectivity index is 2.04. The van der Waals surface area contributed by atoms with Gasteiger partial charge in [0.2, 0.25) is 0 Å². The SMILES string of the molecule is CN1CC[C@H]2[C@@H]1[C@@H]2C(F)(F)F. The number of hydrogen-bond acceptors (Lipinski definition) is 1. The van der Waals surface area contributed by atoms with Crippen molar-refractivity contribution in [3.8, 4) is 0 Å². The molecular formula is C7H10F3N. The highest BCUT2D eigenvalue weighted by Gasteiger charge is 2.67. The predicted octanol–water partition coefficient (Wildman–Crippen LogP) is 1.50. The van der Waals surface area contributed by atoms with Gasteiger partial charge in [0.05, 0.1) is 5.92 Å². The van der Waals surface area contributed by atoms with Crippen molar-refractivity contribution >= 4 is 0 Å². The minimum atomic E-state index is -3.95. The third-order valence-electron chi connectivity index (χ3n) is 2.83. The first kappa shape index (κ1) is 7.40. The van der Waals surface area contributed by atoms with Gasteiger partial charge in [0.15, 0.2) is 0 Å². The number of nitrogens with zero attached hydrogens (tertiary/aromatic N) is 1. The Morgan fingerprint density at radius 2 is 2.00 bits per heavy atom. The molecule has 2 rings (SSSR count). The molecule has 1 saturated heterocycles. The van der Waals surface area contributed by atoms with Crippen molar-refractivity contribution in [2.45, 2.75) is 18.6 Å². The number of halogens is 3. The molecule has 0 amide bonds. The zero-order valence-electron chi connectivity index (χ0n) is 6.23. The maximum absolute atomic E-state index is 12.1. The number of piperidine rings is 1. The summed E-state index contributed by atoms with van der Waals surface area (Å²) in [5.41, 5.74) is 0. The molecule has 1 aliphatic carbocycles. The van der Waals surface area contributed by atoms with E-state index in [9.17, 15) is 13.2 Å². The molecule has 3 atom stereocenters. The summed E-state index contributed by atoms with van der Waals surface area (Å²) in [4.78, 5) is 1.82. The van der Waals surface area contributed by atoms with Crippen LogP contribution in [0.1, 0.15) is 6.42 Å². The van der Waals surface area contributed by atoms with Gasteiger partial charge in [0.1, 0.15) is 0 Å². The number of likely N-dealkylation sites (tertiary alicyclic amines) is 1. The van der Waals surface area contributed by atoms with Crippen molar-refractivity contribution in [3.05, 3.63) is 0 Å². The summed E-state index contributed by atoms with van der Waals surface area (Å²) in [6.07, 6.45) is -3.23. The van der Waals surface area contributed by atoms with E-state index in [0.29, 0.717) is 0 Å². The van der Waals surface area contributed by atoms with Crippen molar-refractivity contribution in [3.63, 3.8) is 0 Å². The standard InChI is InChI=1S/C7H10F3N/c1-11-3-2-4-5(6(4)11)7(8,9)10/h4-6H,2-3H2,1H3/t4-,5-,6-/m1/s1. The molecule has 0 aromatic carbocycles. The van der Waals surface area contributed by atoms with Gasteiger partial charge in [-0.2, -0.15) is 13.2 Å². The van der Waals surface area contributed by atoms with E-state index in [1.165, 1.54) is 0 Å². The van der Waals surface area contributed by atoms with Crippen LogP contribution in [-0.2, 0) is 0 Å². The Hall–Kier alpha value is -0.250. The second-order valence-electron chi connectivity index (χ2n) is 3.49. The minimum Gasteiger partial charge on any atom is -0.302 e. The average molecular weight is 165 g/mol. The van der Waals surface area contributed by atoms with Gasteiger partial charge < -0.3 is 4.90 Å². The van der Waals surface area contributed by atoms with Crippen molar-refractivity contribution in [2.24, 2.45) is 11.8 Å². The fourth-order valence-corrected chi connectivity index (χ4v) is 2.25. The number of alkyl halides is 3. The lowest BCUT2D eigenvalue weighted by Crippen LogP contribution is -2.26. The van der Waals surface area contributed by atoms with Gasteiger partial charge in [0.25, 0.3) is 0 Å². The van der Waals surface area contributed by atoms with Crippen LogP contribution >= 0.6 is 0 Å². The van der Waals surface area contributed by atoms with Gasteiger partial charge in [-0.3, -0.25) is 0 Å². The van der Waals surface area contributed by atoms with E-state index in [-0.39, 0.29) is 12.0 Å². The molecule has 64 valence electrons. The molecule has 11 heavy (non-hydrogen) atoms. The average Bonchev–Trinajstić information content (AvgIpc) is 2.47. The largest absolute Gasteiger partial charge is 0.393 e. The normalized spacial score (nSPS) is 44.2. The van der Waals surface area contributed by atoms with Crippen molar-refractivity contribution in [1.29, 1.82) is 0 Å². The lowest BCUT2D eigenvalue weighted by Gasteiger charge is -2.14. The molecule has 0 N–H and O–H groups in total. The van der Waals surface area contributed by atoms with Gasteiger partial charge in [-0.15, -0.1) is 0 Å². The van der Waals surface area contributed by atoms with Crippen LogP contribution in [-0.4, -0.2) is 30.7 Å². The Kier molecular flexibility index (Phi) is 1.29. The fourth-order valence-electron chi connectivity index (χ4n) is 2.25. The van der Waals surface area contributed by atoms with Crippen LogP contribution in [0.3, 0.4) is 0 Å². The maximum atomic E-state index is 12.1. The van der Waals surface area contributed by atoms with Gasteiger partial charge in [0, 0.05) is 6.04 Å². The number of hydrogen-bond donors (Lipinski definition) is 0. The van der Waals surface area contributed by atoms with Crippen LogP contribution in [0.25, 0.3) is 0 Å². The van der Waals surface area contributed by atoms with Gasteiger partial charge in [-0.05, 0) is 25.9 Å². The van der Waals surface area contributed by atoms with E-state index >= 15 is 0 Å². The molecule has 1 nitrogen and oxygen atoms in total. The number of rotatable bonds is 0. The van der Waals surface area contributed by atoms with E-state index in [0.717, 1.165) is 13.0 Å². The van der Waals surface area contributed by atoms with Crippen LogP contribution in [0.2, 0.25) is 0 Å². The van der Waals surface area contributed by atoms with E-state index in [1.807, 2.05) is 4.90 Å². The molecule has 0 bridgehead atoms. The summed E-state index contributed by atoms with van der Waals surface area (Å²) in [5.74, 6) is -1.10. The highest BCUT2D eigenvalue weighted by atomic mass is 19.4. The molecule has 2 aliphatic rings. The summed E-state index contributed by atoms with van der Waals surface area (Å²) in [6.45, 7) is 0.835. The van der Waals surface area contributed by atoms with Gasteiger partial charge in [-0.25, -0.2) is 0 Å². The predicted molar refractivity (Wildman–Crippen MR) is 34.1 cm³/mol. The molecule has 0 aromatic rings. The van der Waals surface area contributed by atoms with Crippen LogP contribution in [0.15, 0.2) is 0 Å². The minimum absolute atomic E-state index is 0.0833. The molecule has 1 saturated carbocycles. The van der Waals surface area contributed by atoms with Crippen LogP contribution in [0.5, 0.6) is 0 Å².